The molecule has 0 atom stereocenters. The van der Waals surface area contributed by atoms with Crippen molar-refractivity contribution in [3.8, 4) is 11.3 Å². The molecule has 0 spiro atoms. The molecule has 0 aliphatic heterocycles. The number of benzene rings is 1. The zero-order valence-electron chi connectivity index (χ0n) is 8.52. The Morgan fingerprint density at radius 2 is 2.12 bits per heavy atom. The minimum atomic E-state index is 0.688. The van der Waals surface area contributed by atoms with Gasteiger partial charge in [0.1, 0.15) is 22.3 Å². The highest BCUT2D eigenvalue weighted by Crippen LogP contribution is 2.32. The highest BCUT2D eigenvalue weighted by Gasteiger charge is 2.10. The van der Waals surface area contributed by atoms with Crippen molar-refractivity contribution in [3.63, 3.8) is 0 Å². The second kappa shape index (κ2) is 4.13. The smallest absolute Gasteiger partial charge is 0.139 e. The predicted octanol–water partition coefficient (Wildman–Crippen LogP) is 4.31. The molecule has 0 saturated heterocycles. The fourth-order valence-electron chi connectivity index (χ4n) is 1.63. The lowest BCUT2D eigenvalue weighted by atomic mass is 10.2. The molecule has 0 N–H and O–H groups in total. The molecule has 3 aromatic rings. The molecule has 0 radical (unpaired) electrons. The van der Waals surface area contributed by atoms with E-state index in [0.29, 0.717) is 9.63 Å². The van der Waals surface area contributed by atoms with Crippen molar-refractivity contribution < 1.29 is 4.42 Å². The Bertz CT molecular complexity index is 696. The number of hydrogen-bond acceptors (Lipinski definition) is 3. The SMILES string of the molecule is Clc1ccc2oc(-c3cncnc3Br)cc2c1. The summed E-state index contributed by atoms with van der Waals surface area (Å²) in [6.07, 6.45) is 3.18. The van der Waals surface area contributed by atoms with Crippen LogP contribution in [0.1, 0.15) is 0 Å². The van der Waals surface area contributed by atoms with Crippen molar-refractivity contribution in [2.75, 3.05) is 0 Å². The zero-order chi connectivity index (χ0) is 11.8. The highest BCUT2D eigenvalue weighted by atomic mass is 79.9. The number of halogens is 2. The summed E-state index contributed by atoms with van der Waals surface area (Å²) in [5.41, 5.74) is 1.61. The summed E-state index contributed by atoms with van der Waals surface area (Å²) in [7, 11) is 0. The molecular formula is C12H6BrClN2O. The molecule has 0 aliphatic rings. The van der Waals surface area contributed by atoms with Gasteiger partial charge in [-0.25, -0.2) is 9.97 Å². The normalized spacial score (nSPS) is 10.9. The predicted molar refractivity (Wildman–Crippen MR) is 70.0 cm³/mol. The first-order valence-corrected chi connectivity index (χ1v) is 6.06. The molecule has 0 unspecified atom stereocenters. The third-order valence-electron chi connectivity index (χ3n) is 2.41. The first-order chi connectivity index (χ1) is 8.24. The number of aromatic nitrogens is 2. The summed E-state index contributed by atoms with van der Waals surface area (Å²) in [6.45, 7) is 0. The third-order valence-corrected chi connectivity index (χ3v) is 3.27. The van der Waals surface area contributed by atoms with Crippen LogP contribution in [0.3, 0.4) is 0 Å². The molecule has 3 rings (SSSR count). The molecule has 0 aliphatic carbocycles. The minimum Gasteiger partial charge on any atom is -0.456 e. The first kappa shape index (κ1) is 10.7. The Labute approximate surface area is 111 Å². The molecule has 84 valence electrons. The number of fused-ring (bicyclic) bond motifs is 1. The average molecular weight is 310 g/mol. The second-order valence-electron chi connectivity index (χ2n) is 3.52. The van der Waals surface area contributed by atoms with E-state index in [-0.39, 0.29) is 0 Å². The van der Waals surface area contributed by atoms with E-state index in [4.69, 9.17) is 16.0 Å². The standard InChI is InChI=1S/C12H6BrClN2O/c13-12-9(5-15-6-16-12)11-4-7-3-8(14)1-2-10(7)17-11/h1-6H. The molecule has 17 heavy (non-hydrogen) atoms. The van der Waals surface area contributed by atoms with Gasteiger partial charge in [0.15, 0.2) is 0 Å². The van der Waals surface area contributed by atoms with Gasteiger partial charge >= 0.3 is 0 Å². The van der Waals surface area contributed by atoms with Crippen LogP contribution in [-0.4, -0.2) is 9.97 Å². The van der Waals surface area contributed by atoms with Crippen molar-refractivity contribution in [1.29, 1.82) is 0 Å². The minimum absolute atomic E-state index is 0.688. The molecule has 2 heterocycles. The maximum Gasteiger partial charge on any atom is 0.139 e. The Balaban J connectivity index is 2.22. The van der Waals surface area contributed by atoms with E-state index >= 15 is 0 Å². The van der Waals surface area contributed by atoms with E-state index in [1.54, 1.807) is 12.3 Å². The van der Waals surface area contributed by atoms with Gasteiger partial charge in [-0.05, 0) is 40.2 Å². The van der Waals surface area contributed by atoms with E-state index in [2.05, 4.69) is 25.9 Å². The van der Waals surface area contributed by atoms with Crippen molar-refractivity contribution in [2.45, 2.75) is 0 Å². The van der Waals surface area contributed by atoms with Crippen LogP contribution in [0, 0.1) is 0 Å². The molecule has 0 amide bonds. The van der Waals surface area contributed by atoms with Gasteiger partial charge in [-0.15, -0.1) is 0 Å². The van der Waals surface area contributed by atoms with Crippen molar-refractivity contribution in [2.24, 2.45) is 0 Å². The molecule has 0 saturated carbocycles. The lowest BCUT2D eigenvalue weighted by Gasteiger charge is -1.96. The van der Waals surface area contributed by atoms with Crippen LogP contribution >= 0.6 is 27.5 Å². The van der Waals surface area contributed by atoms with Crippen molar-refractivity contribution >= 4 is 38.5 Å². The lowest BCUT2D eigenvalue weighted by Crippen LogP contribution is -1.82. The molecule has 3 nitrogen and oxygen atoms in total. The van der Waals surface area contributed by atoms with Gasteiger partial charge in [-0.2, -0.15) is 0 Å². The number of furan rings is 1. The van der Waals surface area contributed by atoms with E-state index in [1.807, 2.05) is 18.2 Å². The van der Waals surface area contributed by atoms with Gasteiger partial charge in [0, 0.05) is 16.6 Å². The van der Waals surface area contributed by atoms with Crippen LogP contribution in [0.25, 0.3) is 22.3 Å². The zero-order valence-corrected chi connectivity index (χ0v) is 10.9. The van der Waals surface area contributed by atoms with E-state index in [1.165, 1.54) is 6.33 Å². The Morgan fingerprint density at radius 1 is 1.24 bits per heavy atom. The first-order valence-electron chi connectivity index (χ1n) is 4.89. The van der Waals surface area contributed by atoms with Gasteiger partial charge in [-0.1, -0.05) is 11.6 Å². The van der Waals surface area contributed by atoms with Crippen LogP contribution in [0.4, 0.5) is 0 Å². The van der Waals surface area contributed by atoms with E-state index in [0.717, 1.165) is 22.3 Å². The summed E-state index contributed by atoms with van der Waals surface area (Å²) in [4.78, 5) is 8.05. The fourth-order valence-corrected chi connectivity index (χ4v) is 2.20. The highest BCUT2D eigenvalue weighted by molar-refractivity contribution is 9.10. The number of hydrogen-bond donors (Lipinski definition) is 0. The maximum absolute atomic E-state index is 5.93. The molecule has 5 heteroatoms. The summed E-state index contributed by atoms with van der Waals surface area (Å²) in [5, 5.41) is 1.65. The van der Waals surface area contributed by atoms with Crippen LogP contribution in [0.15, 0.2) is 45.8 Å². The molecular weight excluding hydrogens is 304 g/mol. The van der Waals surface area contributed by atoms with Gasteiger partial charge in [0.25, 0.3) is 0 Å². The monoisotopic (exact) mass is 308 g/mol. The van der Waals surface area contributed by atoms with E-state index < -0.39 is 0 Å². The molecule has 0 bridgehead atoms. The van der Waals surface area contributed by atoms with Gasteiger partial charge in [0.2, 0.25) is 0 Å². The topological polar surface area (TPSA) is 38.9 Å². The summed E-state index contributed by atoms with van der Waals surface area (Å²) in [5.74, 6) is 0.717. The number of rotatable bonds is 1. The van der Waals surface area contributed by atoms with Crippen LogP contribution < -0.4 is 0 Å². The summed E-state index contributed by atoms with van der Waals surface area (Å²) >= 11 is 9.30. The molecule has 1 aromatic carbocycles. The summed E-state index contributed by atoms with van der Waals surface area (Å²) < 4.78 is 6.43. The number of nitrogens with zero attached hydrogens (tertiary/aromatic N) is 2. The Kier molecular flexibility index (Phi) is 2.61. The second-order valence-corrected chi connectivity index (χ2v) is 4.71. The third kappa shape index (κ3) is 1.94. The summed E-state index contributed by atoms with van der Waals surface area (Å²) in [6, 6.07) is 7.43. The van der Waals surface area contributed by atoms with Gasteiger partial charge in [-0.3, -0.25) is 0 Å². The lowest BCUT2D eigenvalue weighted by molar-refractivity contribution is 0.630. The molecule has 0 fully saturated rings. The van der Waals surface area contributed by atoms with Crippen LogP contribution in [0.5, 0.6) is 0 Å². The fraction of sp³-hybridized carbons (Fsp3) is 0. The van der Waals surface area contributed by atoms with Crippen LogP contribution in [-0.2, 0) is 0 Å². The Hall–Kier alpha value is -1.39. The van der Waals surface area contributed by atoms with Crippen molar-refractivity contribution in [1.82, 2.24) is 9.97 Å². The molecule has 2 aromatic heterocycles. The largest absolute Gasteiger partial charge is 0.456 e. The average Bonchev–Trinajstić information content (AvgIpc) is 2.72. The quantitative estimate of drug-likeness (QED) is 0.629. The van der Waals surface area contributed by atoms with Gasteiger partial charge in [0.05, 0.1) is 5.56 Å². The van der Waals surface area contributed by atoms with Crippen LogP contribution in [0.2, 0.25) is 5.02 Å². The van der Waals surface area contributed by atoms with Gasteiger partial charge < -0.3 is 4.42 Å². The van der Waals surface area contributed by atoms with E-state index in [9.17, 15) is 0 Å². The Morgan fingerprint density at radius 3 is 2.94 bits per heavy atom. The van der Waals surface area contributed by atoms with Crippen molar-refractivity contribution in [3.05, 3.63) is 46.4 Å². The maximum atomic E-state index is 5.93.